The van der Waals surface area contributed by atoms with Gasteiger partial charge in [-0.2, -0.15) is 13.2 Å². The Balaban J connectivity index is 2.92. The molecule has 0 aliphatic rings. The van der Waals surface area contributed by atoms with Gasteiger partial charge in [0.25, 0.3) is 0 Å². The second kappa shape index (κ2) is 5.26. The summed E-state index contributed by atoms with van der Waals surface area (Å²) in [7, 11) is 0. The zero-order valence-electron chi connectivity index (χ0n) is 8.84. The molecule has 0 spiro atoms. The highest BCUT2D eigenvalue weighted by molar-refractivity contribution is 6.31. The van der Waals surface area contributed by atoms with Crippen molar-refractivity contribution in [3.05, 3.63) is 28.8 Å². The summed E-state index contributed by atoms with van der Waals surface area (Å²) in [6, 6.07) is 2.88. The average molecular weight is 281 g/mol. The van der Waals surface area contributed by atoms with Crippen LogP contribution < -0.4 is 11.1 Å². The fraction of sp³-hybridized carbons (Fsp3) is 0.200. The molecule has 3 N–H and O–H groups in total. The molecule has 0 aromatic heterocycles. The Labute approximate surface area is 105 Å². The summed E-state index contributed by atoms with van der Waals surface area (Å²) >= 11 is 5.39. The lowest BCUT2D eigenvalue weighted by Gasteiger charge is -2.11. The summed E-state index contributed by atoms with van der Waals surface area (Å²) in [5.41, 5.74) is 3.59. The van der Waals surface area contributed by atoms with E-state index in [1.165, 1.54) is 6.07 Å². The van der Waals surface area contributed by atoms with Crippen molar-refractivity contribution in [2.24, 2.45) is 5.73 Å². The molecular weight excluding hydrogens is 273 g/mol. The minimum Gasteiger partial charge on any atom is -0.369 e. The molecule has 0 bridgehead atoms. The monoisotopic (exact) mass is 280 g/mol. The molecule has 98 valence electrons. The smallest absolute Gasteiger partial charge is 0.369 e. The van der Waals surface area contributed by atoms with Crippen molar-refractivity contribution in [2.45, 2.75) is 12.6 Å². The molecule has 18 heavy (non-hydrogen) atoms. The molecule has 1 aromatic carbocycles. The lowest BCUT2D eigenvalue weighted by atomic mass is 10.2. The molecule has 8 heteroatoms. The largest absolute Gasteiger partial charge is 0.417 e. The van der Waals surface area contributed by atoms with Gasteiger partial charge in [-0.3, -0.25) is 9.59 Å². The van der Waals surface area contributed by atoms with Crippen LogP contribution in [0.4, 0.5) is 18.9 Å². The molecule has 0 heterocycles. The predicted molar refractivity (Wildman–Crippen MR) is 58.9 cm³/mol. The topological polar surface area (TPSA) is 72.2 Å². The van der Waals surface area contributed by atoms with E-state index < -0.39 is 35.0 Å². The van der Waals surface area contributed by atoms with Crippen LogP contribution in [0.1, 0.15) is 12.0 Å². The Morgan fingerprint density at radius 1 is 1.33 bits per heavy atom. The molecule has 0 atom stereocenters. The van der Waals surface area contributed by atoms with Gasteiger partial charge in [-0.25, -0.2) is 0 Å². The molecule has 4 nitrogen and oxygen atoms in total. The Hall–Kier alpha value is -1.76. The summed E-state index contributed by atoms with van der Waals surface area (Å²) in [6.07, 6.45) is -5.23. The van der Waals surface area contributed by atoms with Crippen molar-refractivity contribution in [2.75, 3.05) is 5.32 Å². The van der Waals surface area contributed by atoms with Gasteiger partial charge in [0, 0.05) is 5.69 Å². The molecule has 1 rings (SSSR count). The first-order valence-electron chi connectivity index (χ1n) is 4.65. The molecule has 0 radical (unpaired) electrons. The molecule has 0 aliphatic carbocycles. The van der Waals surface area contributed by atoms with Crippen LogP contribution >= 0.6 is 11.6 Å². The van der Waals surface area contributed by atoms with Gasteiger partial charge in [0.2, 0.25) is 11.8 Å². The molecule has 0 saturated heterocycles. The molecule has 2 amide bonds. The summed E-state index contributed by atoms with van der Waals surface area (Å²) in [6.45, 7) is 0. The Morgan fingerprint density at radius 3 is 2.44 bits per heavy atom. The maximum atomic E-state index is 12.5. The van der Waals surface area contributed by atoms with E-state index in [1.54, 1.807) is 0 Å². The molecule has 0 aliphatic heterocycles. The van der Waals surface area contributed by atoms with Crippen molar-refractivity contribution in [1.29, 1.82) is 0 Å². The third-order valence-electron chi connectivity index (χ3n) is 1.89. The number of nitrogens with two attached hydrogens (primary N) is 1. The standard InChI is InChI=1S/C10H8ClF3N2O2/c11-7-2-1-5(3-6(7)10(12,13)14)16-9(18)4-8(15)17/h1-3H,4H2,(H2,15,17)(H,16,18). The second-order valence-electron chi connectivity index (χ2n) is 3.38. The summed E-state index contributed by atoms with van der Waals surface area (Å²) in [4.78, 5) is 21.6. The summed E-state index contributed by atoms with van der Waals surface area (Å²) < 4.78 is 37.5. The number of benzene rings is 1. The second-order valence-corrected chi connectivity index (χ2v) is 3.79. The number of nitrogens with one attached hydrogen (secondary N) is 1. The number of carbonyl (C=O) groups excluding carboxylic acids is 2. The Bertz CT molecular complexity index is 489. The minimum absolute atomic E-state index is 0.113. The van der Waals surface area contributed by atoms with Crippen molar-refractivity contribution < 1.29 is 22.8 Å². The molecule has 0 saturated carbocycles. The Morgan fingerprint density at radius 2 is 1.94 bits per heavy atom. The fourth-order valence-corrected chi connectivity index (χ4v) is 1.41. The lowest BCUT2D eigenvalue weighted by molar-refractivity contribution is -0.137. The molecule has 0 unspecified atom stereocenters. The SMILES string of the molecule is NC(=O)CC(=O)Nc1ccc(Cl)c(C(F)(F)F)c1. The lowest BCUT2D eigenvalue weighted by Crippen LogP contribution is -2.21. The molecule has 0 fully saturated rings. The third kappa shape index (κ3) is 3.92. The highest BCUT2D eigenvalue weighted by Gasteiger charge is 2.33. The first-order chi connectivity index (χ1) is 8.20. The van der Waals surface area contributed by atoms with Gasteiger partial charge in [0.05, 0.1) is 10.6 Å². The number of primary amides is 1. The first-order valence-corrected chi connectivity index (χ1v) is 5.03. The fourth-order valence-electron chi connectivity index (χ4n) is 1.18. The number of anilines is 1. The van der Waals surface area contributed by atoms with E-state index in [1.807, 2.05) is 0 Å². The van der Waals surface area contributed by atoms with Crippen LogP contribution in [0, 0.1) is 0 Å². The van der Waals surface area contributed by atoms with Gasteiger partial charge in [-0.05, 0) is 18.2 Å². The van der Waals surface area contributed by atoms with Crippen LogP contribution in [0.2, 0.25) is 5.02 Å². The van der Waals surface area contributed by atoms with Crippen molar-refractivity contribution in [3.8, 4) is 0 Å². The summed E-state index contributed by atoms with van der Waals surface area (Å²) in [5.74, 6) is -1.67. The maximum Gasteiger partial charge on any atom is 0.417 e. The van der Waals surface area contributed by atoms with Crippen LogP contribution in [0.15, 0.2) is 18.2 Å². The number of carbonyl (C=O) groups is 2. The van der Waals surface area contributed by atoms with Gasteiger partial charge in [0.1, 0.15) is 6.42 Å². The van der Waals surface area contributed by atoms with Gasteiger partial charge in [0.15, 0.2) is 0 Å². The predicted octanol–water partition coefficient (Wildman–Crippen LogP) is 2.17. The minimum atomic E-state index is -4.62. The van der Waals surface area contributed by atoms with Crippen LogP contribution in [-0.4, -0.2) is 11.8 Å². The zero-order chi connectivity index (χ0) is 13.9. The molecule has 1 aromatic rings. The van der Waals surface area contributed by atoms with E-state index >= 15 is 0 Å². The number of halogens is 4. The van der Waals surface area contributed by atoms with E-state index in [4.69, 9.17) is 17.3 Å². The van der Waals surface area contributed by atoms with E-state index in [0.29, 0.717) is 6.07 Å². The van der Waals surface area contributed by atoms with E-state index in [2.05, 4.69) is 5.32 Å². The third-order valence-corrected chi connectivity index (χ3v) is 2.22. The highest BCUT2D eigenvalue weighted by atomic mass is 35.5. The number of hydrogen-bond donors (Lipinski definition) is 2. The quantitative estimate of drug-likeness (QED) is 0.833. The Kier molecular flexibility index (Phi) is 4.18. The average Bonchev–Trinajstić information content (AvgIpc) is 2.17. The van der Waals surface area contributed by atoms with Crippen LogP contribution in [-0.2, 0) is 15.8 Å². The number of alkyl halides is 3. The van der Waals surface area contributed by atoms with E-state index in [-0.39, 0.29) is 5.69 Å². The number of rotatable bonds is 3. The summed E-state index contributed by atoms with van der Waals surface area (Å²) in [5, 5.41) is 1.64. The van der Waals surface area contributed by atoms with Gasteiger partial charge < -0.3 is 11.1 Å². The van der Waals surface area contributed by atoms with E-state index in [0.717, 1.165) is 6.07 Å². The van der Waals surface area contributed by atoms with Gasteiger partial charge in [-0.15, -0.1) is 0 Å². The highest BCUT2D eigenvalue weighted by Crippen LogP contribution is 2.36. The normalized spacial score (nSPS) is 11.1. The molecular formula is C10H8ClF3N2O2. The zero-order valence-corrected chi connectivity index (χ0v) is 9.60. The van der Waals surface area contributed by atoms with Crippen LogP contribution in [0.25, 0.3) is 0 Å². The van der Waals surface area contributed by atoms with E-state index in [9.17, 15) is 22.8 Å². The van der Waals surface area contributed by atoms with Crippen LogP contribution in [0.5, 0.6) is 0 Å². The van der Waals surface area contributed by atoms with Crippen LogP contribution in [0.3, 0.4) is 0 Å². The number of amides is 2. The van der Waals surface area contributed by atoms with Crippen molar-refractivity contribution in [3.63, 3.8) is 0 Å². The van der Waals surface area contributed by atoms with Crippen molar-refractivity contribution in [1.82, 2.24) is 0 Å². The van der Waals surface area contributed by atoms with Crippen molar-refractivity contribution >= 4 is 29.1 Å². The van der Waals surface area contributed by atoms with Gasteiger partial charge in [-0.1, -0.05) is 11.6 Å². The number of hydrogen-bond acceptors (Lipinski definition) is 2. The van der Waals surface area contributed by atoms with Gasteiger partial charge >= 0.3 is 6.18 Å². The maximum absolute atomic E-state index is 12.5. The first kappa shape index (κ1) is 14.3.